The predicted octanol–water partition coefficient (Wildman–Crippen LogP) is 0.777. The number of amides is 2. The van der Waals surface area contributed by atoms with Crippen molar-refractivity contribution < 1.29 is 52.3 Å². The number of ether oxygens (including phenoxy) is 8. The van der Waals surface area contributed by atoms with Crippen LogP contribution in [0.2, 0.25) is 0 Å². The quantitative estimate of drug-likeness (QED) is 0.0391. The number of methoxy groups -OCH3 is 1. The van der Waals surface area contributed by atoms with Crippen LogP contribution in [0.5, 0.6) is 0 Å². The molecule has 0 aromatic rings. The molecule has 17 heteroatoms. The van der Waals surface area contributed by atoms with Crippen LogP contribution in [0.3, 0.4) is 0 Å². The van der Waals surface area contributed by atoms with Gasteiger partial charge in [0.15, 0.2) is 0 Å². The van der Waals surface area contributed by atoms with Crippen LogP contribution in [0.1, 0.15) is 52.9 Å². The molecule has 17 nitrogen and oxygen atoms in total. The second-order valence-electron chi connectivity index (χ2n) is 12.2. The van der Waals surface area contributed by atoms with Crippen LogP contribution < -0.4 is 21.3 Å². The van der Waals surface area contributed by atoms with Gasteiger partial charge in [0.2, 0.25) is 11.8 Å². The summed E-state index contributed by atoms with van der Waals surface area (Å²) in [7, 11) is 1.62. The van der Waals surface area contributed by atoms with Crippen molar-refractivity contribution in [2.24, 2.45) is 0 Å². The number of hydrogen-bond donors (Lipinski definition) is 4. The molecule has 3 unspecified atom stereocenters. The highest BCUT2D eigenvalue weighted by molar-refractivity contribution is 5.77. The molecule has 304 valence electrons. The van der Waals surface area contributed by atoms with Gasteiger partial charge in [-0.3, -0.25) is 25.0 Å². The van der Waals surface area contributed by atoms with E-state index in [1.807, 2.05) is 6.92 Å². The Morgan fingerprint density at radius 2 is 1.13 bits per heavy atom. The minimum atomic E-state index is -1.28. The fourth-order valence-electron chi connectivity index (χ4n) is 4.25. The van der Waals surface area contributed by atoms with Crippen LogP contribution >= 0.6 is 0 Å². The van der Waals surface area contributed by atoms with Gasteiger partial charge in [-0.2, -0.15) is 10.5 Å². The van der Waals surface area contributed by atoms with Gasteiger partial charge in [-0.15, -0.1) is 6.58 Å². The summed E-state index contributed by atoms with van der Waals surface area (Å²) in [5.41, 5.74) is -2.42. The lowest BCUT2D eigenvalue weighted by Gasteiger charge is -2.31. The van der Waals surface area contributed by atoms with E-state index >= 15 is 0 Å². The van der Waals surface area contributed by atoms with Crippen molar-refractivity contribution in [3.05, 3.63) is 12.7 Å². The fourth-order valence-corrected chi connectivity index (χ4v) is 4.25. The Labute approximate surface area is 315 Å². The van der Waals surface area contributed by atoms with Gasteiger partial charge >= 0.3 is 5.97 Å². The number of esters is 1. The van der Waals surface area contributed by atoms with Gasteiger partial charge in [0.05, 0.1) is 98.0 Å². The van der Waals surface area contributed by atoms with Gasteiger partial charge in [-0.05, 0) is 33.1 Å². The van der Waals surface area contributed by atoms with Gasteiger partial charge in [-0.25, -0.2) is 0 Å². The Bertz CT molecular complexity index is 1070. The summed E-state index contributed by atoms with van der Waals surface area (Å²) < 4.78 is 43.0. The number of carbonyl (C=O) groups is 3. The van der Waals surface area contributed by atoms with E-state index in [-0.39, 0.29) is 63.9 Å². The lowest BCUT2D eigenvalue weighted by Crippen LogP contribution is -2.58. The Kier molecular flexibility index (Phi) is 31.3. The van der Waals surface area contributed by atoms with E-state index in [9.17, 15) is 24.9 Å². The van der Waals surface area contributed by atoms with E-state index < -0.39 is 23.1 Å². The zero-order valence-corrected chi connectivity index (χ0v) is 32.3. The zero-order valence-electron chi connectivity index (χ0n) is 32.3. The first kappa shape index (κ1) is 49.8. The van der Waals surface area contributed by atoms with Gasteiger partial charge < -0.3 is 48.5 Å². The van der Waals surface area contributed by atoms with Crippen molar-refractivity contribution in [2.45, 2.75) is 70.0 Å². The third kappa shape index (κ3) is 28.9. The molecule has 0 aliphatic rings. The van der Waals surface area contributed by atoms with E-state index in [1.54, 1.807) is 27.0 Å². The number of carbonyl (C=O) groups excluding carboxylic acids is 3. The molecule has 0 aliphatic heterocycles. The lowest BCUT2D eigenvalue weighted by atomic mass is 9.94. The van der Waals surface area contributed by atoms with Gasteiger partial charge in [-0.1, -0.05) is 13.0 Å². The Balaban J connectivity index is 4.58. The summed E-state index contributed by atoms with van der Waals surface area (Å²) in [5.74, 6) is -1.12. The molecule has 0 spiro atoms. The topological polar surface area (TPSA) is 221 Å². The predicted molar refractivity (Wildman–Crippen MR) is 196 cm³/mol. The normalized spacial score (nSPS) is 13.8. The van der Waals surface area contributed by atoms with Crippen molar-refractivity contribution in [3.8, 4) is 12.1 Å². The first-order valence-corrected chi connectivity index (χ1v) is 18.2. The first-order chi connectivity index (χ1) is 25.6. The average molecular weight is 757 g/mol. The van der Waals surface area contributed by atoms with Crippen LogP contribution in [-0.4, -0.2) is 154 Å². The highest BCUT2D eigenvalue weighted by Crippen LogP contribution is 2.15. The second-order valence-corrected chi connectivity index (χ2v) is 12.2. The summed E-state index contributed by atoms with van der Waals surface area (Å²) in [5, 5.41) is 31.4. The molecule has 0 rings (SSSR count). The molecule has 53 heavy (non-hydrogen) atoms. The van der Waals surface area contributed by atoms with Crippen molar-refractivity contribution in [1.29, 1.82) is 10.5 Å². The summed E-state index contributed by atoms with van der Waals surface area (Å²) in [6, 6.07) is 3.27. The van der Waals surface area contributed by atoms with Gasteiger partial charge in [0.25, 0.3) is 0 Å². The fraction of sp³-hybridized carbons (Fsp3) is 0.806. The molecule has 0 saturated carbocycles. The first-order valence-electron chi connectivity index (χ1n) is 18.2. The van der Waals surface area contributed by atoms with Gasteiger partial charge in [0.1, 0.15) is 23.7 Å². The summed E-state index contributed by atoms with van der Waals surface area (Å²) >= 11 is 0. The third-order valence-electron chi connectivity index (χ3n) is 7.45. The minimum absolute atomic E-state index is 0.0305. The SMILES string of the molecule is C=CCNC(=O)CCC(C)(C#N)NC(CNC(C)(C#N)CCC(=O)NCCC)C(=O)OCCOCCOCCOCCOCCOCCOCCOC. The number of nitriles is 2. The summed E-state index contributed by atoms with van der Waals surface area (Å²) in [4.78, 5) is 37.5. The molecule has 0 aliphatic carbocycles. The van der Waals surface area contributed by atoms with E-state index in [0.717, 1.165) is 6.42 Å². The molecule has 0 radical (unpaired) electrons. The van der Waals surface area contributed by atoms with Crippen LogP contribution in [-0.2, 0) is 52.3 Å². The number of nitrogens with one attached hydrogen (secondary N) is 4. The van der Waals surface area contributed by atoms with Crippen molar-refractivity contribution in [3.63, 3.8) is 0 Å². The summed E-state index contributed by atoms with van der Waals surface area (Å²) in [6.07, 6.45) is 2.78. The van der Waals surface area contributed by atoms with Gasteiger partial charge in [0, 0.05) is 39.6 Å². The highest BCUT2D eigenvalue weighted by atomic mass is 16.6. The number of hydrogen-bond acceptors (Lipinski definition) is 15. The highest BCUT2D eigenvalue weighted by Gasteiger charge is 2.34. The molecule has 0 fully saturated rings. The molecule has 2 amide bonds. The van der Waals surface area contributed by atoms with Crippen molar-refractivity contribution in [1.82, 2.24) is 21.3 Å². The Morgan fingerprint density at radius 1 is 0.698 bits per heavy atom. The third-order valence-corrected chi connectivity index (χ3v) is 7.45. The van der Waals surface area contributed by atoms with E-state index in [0.29, 0.717) is 85.8 Å². The van der Waals surface area contributed by atoms with Crippen LogP contribution in [0.15, 0.2) is 12.7 Å². The van der Waals surface area contributed by atoms with E-state index in [4.69, 9.17) is 37.9 Å². The number of rotatable bonds is 37. The largest absolute Gasteiger partial charge is 0.462 e. The Morgan fingerprint density at radius 3 is 1.57 bits per heavy atom. The van der Waals surface area contributed by atoms with E-state index in [2.05, 4.69) is 40.0 Å². The number of nitrogens with zero attached hydrogens (tertiary/aromatic N) is 2. The lowest BCUT2D eigenvalue weighted by molar-refractivity contribution is -0.148. The maximum atomic E-state index is 13.2. The monoisotopic (exact) mass is 756 g/mol. The molecule has 0 bridgehead atoms. The van der Waals surface area contributed by atoms with Crippen molar-refractivity contribution in [2.75, 3.05) is 119 Å². The Hall–Kier alpha value is -3.23. The maximum absolute atomic E-state index is 13.2. The van der Waals surface area contributed by atoms with Crippen LogP contribution in [0, 0.1) is 22.7 Å². The second kappa shape index (κ2) is 33.3. The molecule has 3 atom stereocenters. The molecule has 0 aromatic carbocycles. The van der Waals surface area contributed by atoms with Crippen LogP contribution in [0.4, 0.5) is 0 Å². The van der Waals surface area contributed by atoms with Crippen molar-refractivity contribution >= 4 is 17.8 Å². The van der Waals surface area contributed by atoms with E-state index in [1.165, 1.54) is 0 Å². The van der Waals surface area contributed by atoms with Crippen LogP contribution in [0.25, 0.3) is 0 Å². The average Bonchev–Trinajstić information content (AvgIpc) is 3.16. The molecule has 4 N–H and O–H groups in total. The molecular formula is C36H64N6O11. The molecular weight excluding hydrogens is 692 g/mol. The zero-order chi connectivity index (χ0) is 39.5. The molecule has 0 heterocycles. The maximum Gasteiger partial charge on any atom is 0.324 e. The standard InChI is InChI=1S/C36H64N6O11/c1-6-12-39-32(43)8-10-35(3,29-37)41-28-31(42-36(4,30-38)11-9-33(44)40-13-7-2)34(45)53-27-26-52-25-24-51-23-22-50-21-20-49-19-18-48-17-16-47-15-14-46-5/h7,31,41-42H,2,6,8-28H2,1,3-5H3,(H,39,43)(H,40,44). The smallest absolute Gasteiger partial charge is 0.324 e. The minimum Gasteiger partial charge on any atom is -0.462 e. The molecule has 0 saturated heterocycles. The summed E-state index contributed by atoms with van der Waals surface area (Å²) in [6.45, 7) is 14.8. The molecule has 0 aromatic heterocycles.